The van der Waals surface area contributed by atoms with Crippen molar-refractivity contribution in [1.82, 2.24) is 15.1 Å². The Morgan fingerprint density at radius 3 is 2.44 bits per heavy atom. The number of hydrogen-bond donors (Lipinski definition) is 1. The van der Waals surface area contributed by atoms with Gasteiger partial charge in [-0.2, -0.15) is 0 Å². The van der Waals surface area contributed by atoms with Gasteiger partial charge in [-0.25, -0.2) is 0 Å². The third-order valence-corrected chi connectivity index (χ3v) is 4.27. The van der Waals surface area contributed by atoms with E-state index in [9.17, 15) is 4.79 Å². The number of nitrogens with one attached hydrogen (secondary N) is 1. The van der Waals surface area contributed by atoms with Crippen molar-refractivity contribution in [1.29, 1.82) is 0 Å². The van der Waals surface area contributed by atoms with Crippen LogP contribution in [0, 0.1) is 5.92 Å². The van der Waals surface area contributed by atoms with Crippen LogP contribution in [-0.2, 0) is 4.79 Å². The van der Waals surface area contributed by atoms with E-state index in [1.165, 1.54) is 45.3 Å². The number of nitrogens with zero attached hydrogens (tertiary/aromatic N) is 2. The first kappa shape index (κ1) is 13.8. The molecule has 104 valence electrons. The lowest BCUT2D eigenvalue weighted by atomic mass is 9.96. The molecule has 0 atom stereocenters. The van der Waals surface area contributed by atoms with E-state index in [4.69, 9.17) is 0 Å². The highest BCUT2D eigenvalue weighted by Gasteiger charge is 2.24. The van der Waals surface area contributed by atoms with Gasteiger partial charge >= 0.3 is 0 Å². The Kier molecular flexibility index (Phi) is 5.45. The minimum Gasteiger partial charge on any atom is -0.343 e. The Hall–Kier alpha value is -0.610. The zero-order valence-electron chi connectivity index (χ0n) is 11.7. The van der Waals surface area contributed by atoms with Gasteiger partial charge in [-0.3, -0.25) is 4.79 Å². The zero-order chi connectivity index (χ0) is 12.8. The van der Waals surface area contributed by atoms with Gasteiger partial charge in [0.15, 0.2) is 0 Å². The van der Waals surface area contributed by atoms with E-state index in [2.05, 4.69) is 15.1 Å². The summed E-state index contributed by atoms with van der Waals surface area (Å²) in [6.07, 6.45) is 5.79. The van der Waals surface area contributed by atoms with Crippen molar-refractivity contribution in [3.05, 3.63) is 0 Å². The molecule has 2 aliphatic rings. The molecular weight excluding hydrogens is 226 g/mol. The molecule has 2 heterocycles. The summed E-state index contributed by atoms with van der Waals surface area (Å²) in [6, 6.07) is 0. The van der Waals surface area contributed by atoms with E-state index >= 15 is 0 Å². The fourth-order valence-corrected chi connectivity index (χ4v) is 3.09. The highest BCUT2D eigenvalue weighted by Crippen LogP contribution is 2.20. The Balaban J connectivity index is 1.65. The molecule has 2 fully saturated rings. The van der Waals surface area contributed by atoms with Crippen LogP contribution < -0.4 is 5.32 Å². The predicted molar refractivity (Wildman–Crippen MR) is 73.5 cm³/mol. The average Bonchev–Trinajstić information content (AvgIpc) is 2.89. The average molecular weight is 253 g/mol. The molecule has 0 radical (unpaired) electrons. The number of hydrogen-bond acceptors (Lipinski definition) is 3. The molecule has 0 spiro atoms. The van der Waals surface area contributed by atoms with Crippen LogP contribution in [0.25, 0.3) is 0 Å². The predicted octanol–water partition coefficient (Wildman–Crippen LogP) is 0.930. The van der Waals surface area contributed by atoms with E-state index < -0.39 is 0 Å². The molecular formula is C14H27N3O. The van der Waals surface area contributed by atoms with Crippen LogP contribution >= 0.6 is 0 Å². The minimum absolute atomic E-state index is 0.323. The van der Waals surface area contributed by atoms with Gasteiger partial charge in [0.05, 0.1) is 0 Å². The van der Waals surface area contributed by atoms with Gasteiger partial charge in [0.1, 0.15) is 0 Å². The lowest BCUT2D eigenvalue weighted by Gasteiger charge is -2.34. The molecule has 18 heavy (non-hydrogen) atoms. The topological polar surface area (TPSA) is 35.6 Å². The summed E-state index contributed by atoms with van der Waals surface area (Å²) in [6.45, 7) is 6.59. The highest BCUT2D eigenvalue weighted by molar-refractivity contribution is 5.76. The minimum atomic E-state index is 0.323. The number of carbonyl (C=O) groups excluding carboxylic acids is 1. The number of piperidine rings is 1. The number of likely N-dealkylation sites (tertiary alicyclic amines) is 2. The molecule has 0 aromatic heterocycles. The third kappa shape index (κ3) is 3.95. The fraction of sp³-hybridized carbons (Fsp3) is 0.929. The van der Waals surface area contributed by atoms with Gasteiger partial charge in [-0.15, -0.1) is 0 Å². The van der Waals surface area contributed by atoms with Gasteiger partial charge < -0.3 is 15.1 Å². The Bertz CT molecular complexity index is 256. The number of rotatable bonds is 5. The van der Waals surface area contributed by atoms with Crippen molar-refractivity contribution in [2.75, 3.05) is 46.3 Å². The monoisotopic (exact) mass is 253 g/mol. The fourth-order valence-electron chi connectivity index (χ4n) is 3.09. The maximum atomic E-state index is 11.9. The van der Waals surface area contributed by atoms with Crippen molar-refractivity contribution in [2.45, 2.75) is 32.1 Å². The van der Waals surface area contributed by atoms with Crippen LogP contribution in [-0.4, -0.2) is 62.0 Å². The van der Waals surface area contributed by atoms with Crippen molar-refractivity contribution >= 4 is 5.91 Å². The van der Waals surface area contributed by atoms with E-state index in [1.54, 1.807) is 0 Å². The van der Waals surface area contributed by atoms with Crippen LogP contribution in [0.3, 0.4) is 0 Å². The first-order chi connectivity index (χ1) is 8.79. The molecule has 2 rings (SSSR count). The number of carbonyl (C=O) groups is 1. The summed E-state index contributed by atoms with van der Waals surface area (Å²) in [5.41, 5.74) is 0. The maximum Gasteiger partial charge on any atom is 0.223 e. The van der Waals surface area contributed by atoms with Crippen LogP contribution in [0.5, 0.6) is 0 Å². The largest absolute Gasteiger partial charge is 0.343 e. The lowest BCUT2D eigenvalue weighted by Crippen LogP contribution is -2.41. The summed E-state index contributed by atoms with van der Waals surface area (Å²) >= 11 is 0. The molecule has 1 N–H and O–H groups in total. The highest BCUT2D eigenvalue weighted by atomic mass is 16.2. The smallest absolute Gasteiger partial charge is 0.223 e. The summed E-state index contributed by atoms with van der Waals surface area (Å²) in [5.74, 6) is 1.14. The molecule has 0 aromatic rings. The second-order valence-corrected chi connectivity index (χ2v) is 5.69. The van der Waals surface area contributed by atoms with Gasteiger partial charge in [0.25, 0.3) is 0 Å². The third-order valence-electron chi connectivity index (χ3n) is 4.27. The molecule has 0 aromatic carbocycles. The zero-order valence-corrected chi connectivity index (χ0v) is 11.7. The van der Waals surface area contributed by atoms with E-state index in [0.29, 0.717) is 12.3 Å². The molecule has 0 unspecified atom stereocenters. The molecule has 4 heteroatoms. The first-order valence-corrected chi connectivity index (χ1v) is 7.44. The molecule has 2 aliphatic heterocycles. The Morgan fingerprint density at radius 2 is 1.83 bits per heavy atom. The number of amides is 1. The summed E-state index contributed by atoms with van der Waals surface area (Å²) in [7, 11) is 1.90. The first-order valence-electron chi connectivity index (χ1n) is 7.44. The van der Waals surface area contributed by atoms with Crippen LogP contribution in [0.15, 0.2) is 0 Å². The standard InChI is InChI=1S/C14H27N3O/c1-15-7-4-14(18)17-10-5-13(6-11-17)12-16-8-2-3-9-16/h13,15H,2-12H2,1H3. The summed E-state index contributed by atoms with van der Waals surface area (Å²) < 4.78 is 0. The van der Waals surface area contributed by atoms with Crippen molar-refractivity contribution in [2.24, 2.45) is 5.92 Å². The summed E-state index contributed by atoms with van der Waals surface area (Å²) in [4.78, 5) is 16.5. The van der Waals surface area contributed by atoms with Crippen LogP contribution in [0.4, 0.5) is 0 Å². The lowest BCUT2D eigenvalue weighted by molar-refractivity contribution is -0.132. The summed E-state index contributed by atoms with van der Waals surface area (Å²) in [5, 5.41) is 3.04. The van der Waals surface area contributed by atoms with Crippen LogP contribution in [0.2, 0.25) is 0 Å². The van der Waals surface area contributed by atoms with E-state index in [-0.39, 0.29) is 0 Å². The molecule has 0 saturated carbocycles. The molecule has 0 bridgehead atoms. The molecule has 4 nitrogen and oxygen atoms in total. The van der Waals surface area contributed by atoms with Crippen molar-refractivity contribution in [3.8, 4) is 0 Å². The van der Waals surface area contributed by atoms with Crippen molar-refractivity contribution in [3.63, 3.8) is 0 Å². The van der Waals surface area contributed by atoms with Gasteiger partial charge in [0, 0.05) is 32.6 Å². The normalized spacial score (nSPS) is 22.6. The van der Waals surface area contributed by atoms with Gasteiger partial charge in [0.2, 0.25) is 5.91 Å². The Morgan fingerprint density at radius 1 is 1.17 bits per heavy atom. The molecule has 0 aliphatic carbocycles. The second kappa shape index (κ2) is 7.10. The van der Waals surface area contributed by atoms with Gasteiger partial charge in [-0.05, 0) is 51.7 Å². The quantitative estimate of drug-likeness (QED) is 0.792. The van der Waals surface area contributed by atoms with E-state index in [0.717, 1.165) is 25.6 Å². The van der Waals surface area contributed by atoms with Gasteiger partial charge in [-0.1, -0.05) is 0 Å². The Labute approximate surface area is 111 Å². The maximum absolute atomic E-state index is 11.9. The van der Waals surface area contributed by atoms with Crippen molar-refractivity contribution < 1.29 is 4.79 Å². The molecule has 1 amide bonds. The SMILES string of the molecule is CNCCC(=O)N1CCC(CN2CCCC2)CC1. The molecule has 2 saturated heterocycles. The second-order valence-electron chi connectivity index (χ2n) is 5.69. The van der Waals surface area contributed by atoms with E-state index in [1.807, 2.05) is 7.05 Å². The van der Waals surface area contributed by atoms with Crippen LogP contribution in [0.1, 0.15) is 32.1 Å².